The number of carbonyl (C=O) groups excluding carboxylic acids is 1. The fourth-order valence-electron chi connectivity index (χ4n) is 1.63. The highest BCUT2D eigenvalue weighted by molar-refractivity contribution is 9.10. The minimum atomic E-state index is -0.131. The van der Waals surface area contributed by atoms with Crippen molar-refractivity contribution < 1.29 is 9.53 Å². The Kier molecular flexibility index (Phi) is 5.87. The van der Waals surface area contributed by atoms with E-state index >= 15 is 0 Å². The number of nitrogens with one attached hydrogen (secondary N) is 2. The molecule has 1 aromatic carbocycles. The van der Waals surface area contributed by atoms with Gasteiger partial charge in [-0.15, -0.1) is 11.3 Å². The van der Waals surface area contributed by atoms with Gasteiger partial charge in [-0.1, -0.05) is 6.92 Å². The average Bonchev–Trinajstić information content (AvgIpc) is 2.95. The Balaban J connectivity index is 2.09. The minimum Gasteiger partial charge on any atom is -0.496 e. The highest BCUT2D eigenvalue weighted by Gasteiger charge is 2.09. The van der Waals surface area contributed by atoms with Gasteiger partial charge in [-0.25, -0.2) is 4.98 Å². The van der Waals surface area contributed by atoms with Crippen molar-refractivity contribution in [2.45, 2.75) is 13.3 Å². The molecule has 1 aromatic heterocycles. The lowest BCUT2D eigenvalue weighted by atomic mass is 10.2. The van der Waals surface area contributed by atoms with Crippen LogP contribution in [0.5, 0.6) is 5.75 Å². The number of thiazole rings is 1. The molecule has 116 valence electrons. The topological polar surface area (TPSA) is 63.2 Å². The molecule has 0 unspecified atom stereocenters. The minimum absolute atomic E-state index is 0.131. The molecule has 22 heavy (non-hydrogen) atoms. The lowest BCUT2D eigenvalue weighted by molar-refractivity contribution is -0.119. The monoisotopic (exact) mass is 399 g/mol. The fourth-order valence-corrected chi connectivity index (χ4v) is 3.17. The van der Waals surface area contributed by atoms with Crippen molar-refractivity contribution >= 4 is 55.6 Å². The molecule has 8 heteroatoms. The molecule has 0 aliphatic heterocycles. The summed E-state index contributed by atoms with van der Waals surface area (Å²) in [5.74, 6) is 0.633. The summed E-state index contributed by atoms with van der Waals surface area (Å²) in [5.41, 5.74) is 1.78. The Morgan fingerprint density at radius 3 is 2.91 bits per heavy atom. The number of benzene rings is 1. The maximum atomic E-state index is 11.3. The highest BCUT2D eigenvalue weighted by atomic mass is 79.9. The SMILES string of the molecule is CCC(=O)NC(=S)Nc1nc(-c2ccc(OC)c(Br)c2)cs1. The van der Waals surface area contributed by atoms with E-state index in [0.29, 0.717) is 11.6 Å². The molecule has 0 saturated heterocycles. The molecular formula is C14H14BrN3O2S2. The number of thiocarbonyl (C=S) groups is 1. The third kappa shape index (κ3) is 4.25. The van der Waals surface area contributed by atoms with Gasteiger partial charge in [0.1, 0.15) is 5.75 Å². The summed E-state index contributed by atoms with van der Waals surface area (Å²) in [5, 5.41) is 8.28. The van der Waals surface area contributed by atoms with Crippen LogP contribution in [-0.4, -0.2) is 23.1 Å². The second kappa shape index (κ2) is 7.66. The van der Waals surface area contributed by atoms with Crippen LogP contribution in [0.3, 0.4) is 0 Å². The van der Waals surface area contributed by atoms with Gasteiger partial charge in [0, 0.05) is 17.4 Å². The molecule has 1 heterocycles. The van der Waals surface area contributed by atoms with Crippen LogP contribution in [0.15, 0.2) is 28.1 Å². The van der Waals surface area contributed by atoms with Gasteiger partial charge in [0.15, 0.2) is 10.2 Å². The summed E-state index contributed by atoms with van der Waals surface area (Å²) < 4.78 is 6.07. The Labute approximate surface area is 146 Å². The van der Waals surface area contributed by atoms with Crippen molar-refractivity contribution in [1.29, 1.82) is 0 Å². The number of ether oxygens (including phenoxy) is 1. The highest BCUT2D eigenvalue weighted by Crippen LogP contribution is 2.31. The van der Waals surface area contributed by atoms with Crippen LogP contribution in [0.4, 0.5) is 5.13 Å². The van der Waals surface area contributed by atoms with E-state index < -0.39 is 0 Å². The Hall–Kier alpha value is -1.51. The van der Waals surface area contributed by atoms with Gasteiger partial charge in [0.2, 0.25) is 5.91 Å². The van der Waals surface area contributed by atoms with Crippen LogP contribution in [-0.2, 0) is 4.79 Å². The predicted molar refractivity (Wildman–Crippen MR) is 96.5 cm³/mol. The molecule has 0 atom stereocenters. The second-order valence-corrected chi connectivity index (χ2v) is 6.36. The van der Waals surface area contributed by atoms with Gasteiger partial charge in [-0.3, -0.25) is 4.79 Å². The number of methoxy groups -OCH3 is 1. The van der Waals surface area contributed by atoms with Crippen LogP contribution >= 0.6 is 39.5 Å². The Morgan fingerprint density at radius 2 is 2.27 bits per heavy atom. The maximum Gasteiger partial charge on any atom is 0.225 e. The van der Waals surface area contributed by atoms with E-state index in [4.69, 9.17) is 17.0 Å². The molecule has 2 N–H and O–H groups in total. The van der Waals surface area contributed by atoms with Crippen LogP contribution in [0.1, 0.15) is 13.3 Å². The van der Waals surface area contributed by atoms with Crippen molar-refractivity contribution in [2.75, 3.05) is 12.4 Å². The number of anilines is 1. The molecule has 0 radical (unpaired) electrons. The lowest BCUT2D eigenvalue weighted by Gasteiger charge is -2.06. The number of hydrogen-bond acceptors (Lipinski definition) is 5. The molecule has 0 aliphatic rings. The number of aromatic nitrogens is 1. The summed E-state index contributed by atoms with van der Waals surface area (Å²) in [6.07, 6.45) is 0.380. The fraction of sp³-hybridized carbons (Fsp3) is 0.214. The van der Waals surface area contributed by atoms with Crippen molar-refractivity contribution in [3.63, 3.8) is 0 Å². The molecular weight excluding hydrogens is 386 g/mol. The van der Waals surface area contributed by atoms with Gasteiger partial charge < -0.3 is 15.4 Å². The van der Waals surface area contributed by atoms with E-state index in [9.17, 15) is 4.79 Å². The quantitative estimate of drug-likeness (QED) is 0.765. The van der Waals surface area contributed by atoms with Gasteiger partial charge >= 0.3 is 0 Å². The second-order valence-electron chi connectivity index (χ2n) is 4.24. The molecule has 0 spiro atoms. The van der Waals surface area contributed by atoms with E-state index in [-0.39, 0.29) is 11.0 Å². The van der Waals surface area contributed by atoms with Crippen LogP contribution < -0.4 is 15.4 Å². The zero-order valence-electron chi connectivity index (χ0n) is 12.0. The van der Waals surface area contributed by atoms with Gasteiger partial charge in [0.05, 0.1) is 17.3 Å². The van der Waals surface area contributed by atoms with E-state index in [1.807, 2.05) is 23.6 Å². The molecule has 0 bridgehead atoms. The first kappa shape index (κ1) is 16.9. The van der Waals surface area contributed by atoms with E-state index in [1.54, 1.807) is 14.0 Å². The van der Waals surface area contributed by atoms with Gasteiger partial charge in [0.25, 0.3) is 0 Å². The molecule has 1 amide bonds. The summed E-state index contributed by atoms with van der Waals surface area (Å²) in [6, 6.07) is 5.74. The number of hydrogen-bond donors (Lipinski definition) is 2. The third-order valence-corrected chi connectivity index (χ3v) is 4.33. The zero-order valence-corrected chi connectivity index (χ0v) is 15.2. The number of amides is 1. The average molecular weight is 400 g/mol. The van der Waals surface area contributed by atoms with Crippen LogP contribution in [0, 0.1) is 0 Å². The molecule has 5 nitrogen and oxygen atoms in total. The van der Waals surface area contributed by atoms with Crippen LogP contribution in [0.2, 0.25) is 0 Å². The number of nitrogens with zero attached hydrogens (tertiary/aromatic N) is 1. The van der Waals surface area contributed by atoms with E-state index in [1.165, 1.54) is 11.3 Å². The van der Waals surface area contributed by atoms with Gasteiger partial charge in [-0.2, -0.15) is 0 Å². The van der Waals surface area contributed by atoms with E-state index in [2.05, 4.69) is 31.5 Å². The maximum absolute atomic E-state index is 11.3. The first-order chi connectivity index (χ1) is 10.5. The Bertz CT molecular complexity index is 703. The molecule has 0 fully saturated rings. The van der Waals surface area contributed by atoms with Crippen molar-refractivity contribution in [2.24, 2.45) is 0 Å². The normalized spacial score (nSPS) is 10.1. The molecule has 0 saturated carbocycles. The zero-order chi connectivity index (χ0) is 16.1. The summed E-state index contributed by atoms with van der Waals surface area (Å²) in [7, 11) is 1.62. The van der Waals surface area contributed by atoms with Gasteiger partial charge in [-0.05, 0) is 46.3 Å². The van der Waals surface area contributed by atoms with Crippen molar-refractivity contribution in [3.8, 4) is 17.0 Å². The molecule has 2 aromatic rings. The third-order valence-electron chi connectivity index (χ3n) is 2.75. The molecule has 2 rings (SSSR count). The lowest BCUT2D eigenvalue weighted by Crippen LogP contribution is -2.33. The summed E-state index contributed by atoms with van der Waals surface area (Å²) in [4.78, 5) is 15.7. The predicted octanol–water partition coefficient (Wildman–Crippen LogP) is 3.80. The first-order valence-electron chi connectivity index (χ1n) is 6.43. The molecule has 0 aliphatic carbocycles. The largest absolute Gasteiger partial charge is 0.496 e. The van der Waals surface area contributed by atoms with Crippen molar-refractivity contribution in [1.82, 2.24) is 10.3 Å². The van der Waals surface area contributed by atoms with E-state index in [0.717, 1.165) is 21.5 Å². The smallest absolute Gasteiger partial charge is 0.225 e. The standard InChI is InChI=1S/C14H14BrN3O2S2/c1-3-12(19)17-13(21)18-14-16-10(7-22-14)8-4-5-11(20-2)9(15)6-8/h4-7H,3H2,1-2H3,(H2,16,17,18,19,21). The number of rotatable bonds is 4. The Morgan fingerprint density at radius 1 is 1.50 bits per heavy atom. The van der Waals surface area contributed by atoms with Crippen molar-refractivity contribution in [3.05, 3.63) is 28.1 Å². The first-order valence-corrected chi connectivity index (χ1v) is 8.51. The summed E-state index contributed by atoms with van der Waals surface area (Å²) >= 11 is 9.93. The number of carbonyl (C=O) groups is 1. The van der Waals surface area contributed by atoms with Crippen LogP contribution in [0.25, 0.3) is 11.3 Å². The number of halogens is 1. The summed E-state index contributed by atoms with van der Waals surface area (Å²) in [6.45, 7) is 1.76.